The second-order valence-corrected chi connectivity index (χ2v) is 6.31. The summed E-state index contributed by atoms with van der Waals surface area (Å²) in [6, 6.07) is 17.7. The van der Waals surface area contributed by atoms with Gasteiger partial charge in [0, 0.05) is 22.3 Å². The molecule has 0 saturated carbocycles. The third-order valence-corrected chi connectivity index (χ3v) is 4.50. The van der Waals surface area contributed by atoms with E-state index in [0.29, 0.717) is 22.4 Å². The molecule has 4 rings (SSSR count). The molecule has 0 spiro atoms. The van der Waals surface area contributed by atoms with Crippen molar-refractivity contribution in [1.82, 2.24) is 10.2 Å². The quantitative estimate of drug-likeness (QED) is 0.449. The van der Waals surface area contributed by atoms with Gasteiger partial charge in [0.2, 0.25) is 0 Å². The zero-order valence-electron chi connectivity index (χ0n) is 14.9. The van der Waals surface area contributed by atoms with Crippen LogP contribution in [0.15, 0.2) is 72.9 Å². The van der Waals surface area contributed by atoms with Crippen molar-refractivity contribution in [2.45, 2.75) is 0 Å². The number of hydrogen-bond donors (Lipinski definition) is 0. The van der Waals surface area contributed by atoms with Crippen LogP contribution in [0.1, 0.15) is 5.56 Å². The van der Waals surface area contributed by atoms with Crippen molar-refractivity contribution in [2.24, 2.45) is 0 Å². The van der Waals surface area contributed by atoms with Gasteiger partial charge < -0.3 is 0 Å². The van der Waals surface area contributed by atoms with Crippen molar-refractivity contribution in [3.05, 3.63) is 95.9 Å². The fraction of sp³-hybridized carbons (Fsp3) is 0. The lowest BCUT2D eigenvalue weighted by atomic mass is 9.95. The molecule has 6 heteroatoms. The second kappa shape index (κ2) is 7.56. The average molecular weight is 387 g/mol. The van der Waals surface area contributed by atoms with Crippen LogP contribution in [-0.2, 0) is 0 Å². The van der Waals surface area contributed by atoms with E-state index in [1.807, 2.05) is 6.07 Å². The molecule has 3 nitrogen and oxygen atoms in total. The summed E-state index contributed by atoms with van der Waals surface area (Å²) >= 11 is 0. The van der Waals surface area contributed by atoms with Crippen molar-refractivity contribution >= 4 is 0 Å². The summed E-state index contributed by atoms with van der Waals surface area (Å²) in [6.45, 7) is 0. The van der Waals surface area contributed by atoms with Crippen molar-refractivity contribution in [3.63, 3.8) is 0 Å². The summed E-state index contributed by atoms with van der Waals surface area (Å²) in [5, 5.41) is 17.3. The normalized spacial score (nSPS) is 10.6. The van der Waals surface area contributed by atoms with Crippen LogP contribution in [0, 0.1) is 28.8 Å². The van der Waals surface area contributed by atoms with Gasteiger partial charge in [-0.3, -0.25) is 0 Å². The highest BCUT2D eigenvalue weighted by Gasteiger charge is 2.16. The molecule has 0 fully saturated rings. The summed E-state index contributed by atoms with van der Waals surface area (Å²) < 4.78 is 42.1. The first-order chi connectivity index (χ1) is 14.1. The molecular weight excluding hydrogens is 375 g/mol. The Hall–Kier alpha value is -3.98. The van der Waals surface area contributed by atoms with E-state index in [4.69, 9.17) is 0 Å². The Kier molecular flexibility index (Phi) is 4.80. The molecule has 0 unspecified atom stereocenters. The number of benzene rings is 3. The van der Waals surface area contributed by atoms with E-state index in [-0.39, 0.29) is 22.5 Å². The minimum Gasteiger partial charge on any atom is -0.207 e. The van der Waals surface area contributed by atoms with Crippen molar-refractivity contribution < 1.29 is 13.2 Å². The minimum atomic E-state index is -0.681. The SMILES string of the molecule is N#Cc1cccc(F)c1-c1cc(-c2cnnc(-c3ccc(F)cc3)c2)ccc1F. The molecule has 4 aromatic rings. The molecule has 140 valence electrons. The Morgan fingerprint density at radius 3 is 2.28 bits per heavy atom. The highest BCUT2D eigenvalue weighted by atomic mass is 19.1. The molecular formula is C23H12F3N3. The van der Waals surface area contributed by atoms with Crippen LogP contribution in [0.5, 0.6) is 0 Å². The van der Waals surface area contributed by atoms with Gasteiger partial charge in [0.15, 0.2) is 0 Å². The molecule has 0 bridgehead atoms. The van der Waals surface area contributed by atoms with Gasteiger partial charge in [-0.15, -0.1) is 0 Å². The number of halogens is 3. The highest BCUT2D eigenvalue weighted by molar-refractivity contribution is 5.78. The largest absolute Gasteiger partial charge is 0.207 e. The van der Waals surface area contributed by atoms with Crippen LogP contribution in [0.2, 0.25) is 0 Å². The summed E-state index contributed by atoms with van der Waals surface area (Å²) in [5.41, 5.74) is 2.32. The molecule has 0 aliphatic carbocycles. The highest BCUT2D eigenvalue weighted by Crippen LogP contribution is 2.33. The number of nitriles is 1. The zero-order valence-corrected chi connectivity index (χ0v) is 14.9. The van der Waals surface area contributed by atoms with Gasteiger partial charge >= 0.3 is 0 Å². The van der Waals surface area contributed by atoms with E-state index in [1.165, 1.54) is 54.7 Å². The maximum atomic E-state index is 14.5. The van der Waals surface area contributed by atoms with Crippen LogP contribution in [0.3, 0.4) is 0 Å². The number of rotatable bonds is 3. The van der Waals surface area contributed by atoms with Crippen LogP contribution in [-0.4, -0.2) is 10.2 Å². The Bertz CT molecular complexity index is 1250. The number of nitrogens with zero attached hydrogens (tertiary/aromatic N) is 3. The summed E-state index contributed by atoms with van der Waals surface area (Å²) in [4.78, 5) is 0. The molecule has 0 N–H and O–H groups in total. The monoisotopic (exact) mass is 387 g/mol. The van der Waals surface area contributed by atoms with Gasteiger partial charge in [0.25, 0.3) is 0 Å². The first-order valence-electron chi connectivity index (χ1n) is 8.64. The predicted octanol–water partition coefficient (Wildman–Crippen LogP) is 5.77. The Labute approximate surface area is 164 Å². The zero-order chi connectivity index (χ0) is 20.4. The summed E-state index contributed by atoms with van der Waals surface area (Å²) in [7, 11) is 0. The third-order valence-electron chi connectivity index (χ3n) is 4.50. The molecule has 0 aliphatic rings. The first kappa shape index (κ1) is 18.4. The predicted molar refractivity (Wildman–Crippen MR) is 103 cm³/mol. The molecule has 29 heavy (non-hydrogen) atoms. The van der Waals surface area contributed by atoms with Crippen LogP contribution >= 0.6 is 0 Å². The van der Waals surface area contributed by atoms with E-state index in [2.05, 4.69) is 10.2 Å². The molecule has 0 radical (unpaired) electrons. The average Bonchev–Trinajstić information content (AvgIpc) is 2.75. The van der Waals surface area contributed by atoms with Crippen LogP contribution in [0.4, 0.5) is 13.2 Å². The maximum absolute atomic E-state index is 14.5. The van der Waals surface area contributed by atoms with Gasteiger partial charge in [0.05, 0.1) is 23.5 Å². The van der Waals surface area contributed by atoms with Crippen LogP contribution in [0.25, 0.3) is 33.5 Å². The number of aromatic nitrogens is 2. The minimum absolute atomic E-state index is 0.0164. The van der Waals surface area contributed by atoms with Crippen molar-refractivity contribution in [1.29, 1.82) is 5.26 Å². The lowest BCUT2D eigenvalue weighted by Crippen LogP contribution is -1.95. The van der Waals surface area contributed by atoms with E-state index in [0.717, 1.165) is 0 Å². The van der Waals surface area contributed by atoms with Gasteiger partial charge in [-0.25, -0.2) is 13.2 Å². The van der Waals surface area contributed by atoms with Crippen molar-refractivity contribution in [3.8, 4) is 39.6 Å². The lowest BCUT2D eigenvalue weighted by Gasteiger charge is -2.10. The Morgan fingerprint density at radius 1 is 0.759 bits per heavy atom. The molecule has 0 saturated heterocycles. The second-order valence-electron chi connectivity index (χ2n) is 6.31. The fourth-order valence-corrected chi connectivity index (χ4v) is 3.07. The smallest absolute Gasteiger partial charge is 0.132 e. The molecule has 0 aliphatic heterocycles. The Balaban J connectivity index is 1.83. The van der Waals surface area contributed by atoms with Gasteiger partial charge in [-0.05, 0) is 60.2 Å². The molecule has 3 aromatic carbocycles. The standard InChI is InChI=1S/C23H12F3N3/c24-18-7-4-14(5-8-18)22-11-17(13-28-29-22)15-6-9-20(25)19(10-15)23-16(12-27)2-1-3-21(23)26/h1-11,13H. The third kappa shape index (κ3) is 3.58. The fourth-order valence-electron chi connectivity index (χ4n) is 3.07. The van der Waals surface area contributed by atoms with E-state index < -0.39 is 11.6 Å². The van der Waals surface area contributed by atoms with Gasteiger partial charge in [-0.1, -0.05) is 12.1 Å². The topological polar surface area (TPSA) is 49.6 Å². The lowest BCUT2D eigenvalue weighted by molar-refractivity contribution is 0.616. The van der Waals surface area contributed by atoms with E-state index in [9.17, 15) is 18.4 Å². The van der Waals surface area contributed by atoms with E-state index in [1.54, 1.807) is 18.2 Å². The summed E-state index contributed by atoms with van der Waals surface area (Å²) in [5.74, 6) is -1.68. The molecule has 0 atom stereocenters. The number of hydrogen-bond acceptors (Lipinski definition) is 3. The van der Waals surface area contributed by atoms with Crippen LogP contribution < -0.4 is 0 Å². The van der Waals surface area contributed by atoms with E-state index >= 15 is 0 Å². The van der Waals surface area contributed by atoms with Gasteiger partial charge in [-0.2, -0.15) is 15.5 Å². The first-order valence-corrected chi connectivity index (χ1v) is 8.64. The molecule has 1 heterocycles. The van der Waals surface area contributed by atoms with Gasteiger partial charge in [0.1, 0.15) is 17.5 Å². The Morgan fingerprint density at radius 2 is 1.52 bits per heavy atom. The maximum Gasteiger partial charge on any atom is 0.132 e. The molecule has 1 aromatic heterocycles. The van der Waals surface area contributed by atoms with Crippen molar-refractivity contribution in [2.75, 3.05) is 0 Å². The summed E-state index contributed by atoms with van der Waals surface area (Å²) in [6.07, 6.45) is 1.50. The molecule has 0 amide bonds.